The molecule has 34 heavy (non-hydrogen) atoms. The Labute approximate surface area is 194 Å². The van der Waals surface area contributed by atoms with Crippen LogP contribution in [0.15, 0.2) is 60.8 Å². The van der Waals surface area contributed by atoms with Crippen LogP contribution >= 0.6 is 0 Å². The summed E-state index contributed by atoms with van der Waals surface area (Å²) < 4.78 is 12.2. The van der Waals surface area contributed by atoms with Crippen molar-refractivity contribution in [2.24, 2.45) is 0 Å². The zero-order valence-corrected chi connectivity index (χ0v) is 18.4. The molecule has 11 nitrogen and oxygen atoms in total. The average Bonchev–Trinajstić information content (AvgIpc) is 3.32. The SMILES string of the molecule is CCOC(=O)c1c(C)nc(-n2cc(COc3ccc([N+](=O)[O-])cc3)nn2)nc1-c1ccccc1. The van der Waals surface area contributed by atoms with E-state index in [0.717, 1.165) is 5.56 Å². The number of rotatable bonds is 8. The van der Waals surface area contributed by atoms with Crippen LogP contribution in [0.4, 0.5) is 5.69 Å². The van der Waals surface area contributed by atoms with Gasteiger partial charge in [0.1, 0.15) is 23.6 Å². The lowest BCUT2D eigenvalue weighted by molar-refractivity contribution is -0.384. The molecule has 2 aromatic carbocycles. The molecule has 2 aromatic heterocycles. The molecular weight excluding hydrogens is 440 g/mol. The number of nitrogens with zero attached hydrogens (tertiary/aromatic N) is 6. The van der Waals surface area contributed by atoms with Crippen molar-refractivity contribution in [1.82, 2.24) is 25.0 Å². The molecule has 0 bridgehead atoms. The Hall–Kier alpha value is -4.67. The summed E-state index contributed by atoms with van der Waals surface area (Å²) in [6.07, 6.45) is 1.61. The smallest absolute Gasteiger partial charge is 0.342 e. The predicted octanol–water partition coefficient (Wildman–Crippen LogP) is 3.70. The number of esters is 1. The lowest BCUT2D eigenvalue weighted by Crippen LogP contribution is -2.14. The van der Waals surface area contributed by atoms with E-state index in [2.05, 4.69) is 20.3 Å². The molecule has 0 saturated heterocycles. The van der Waals surface area contributed by atoms with Crippen LogP contribution in [0.25, 0.3) is 17.2 Å². The molecular formula is C23H20N6O5. The summed E-state index contributed by atoms with van der Waals surface area (Å²) >= 11 is 0. The van der Waals surface area contributed by atoms with Crippen LogP contribution in [0.3, 0.4) is 0 Å². The Kier molecular flexibility index (Phi) is 6.53. The Bertz CT molecular complexity index is 1320. The van der Waals surface area contributed by atoms with E-state index in [9.17, 15) is 14.9 Å². The number of nitro benzene ring substituents is 1. The topological polar surface area (TPSA) is 135 Å². The number of carbonyl (C=O) groups excluding carboxylic acids is 1. The van der Waals surface area contributed by atoms with Crippen molar-refractivity contribution in [2.45, 2.75) is 20.5 Å². The normalized spacial score (nSPS) is 10.6. The number of hydrogen-bond donors (Lipinski definition) is 0. The molecule has 0 unspecified atom stereocenters. The van der Waals surface area contributed by atoms with Crippen LogP contribution in [-0.2, 0) is 11.3 Å². The van der Waals surface area contributed by atoms with Crippen molar-refractivity contribution >= 4 is 11.7 Å². The Morgan fingerprint density at radius 2 is 1.82 bits per heavy atom. The fourth-order valence-electron chi connectivity index (χ4n) is 3.20. The third-order valence-electron chi connectivity index (χ3n) is 4.78. The second-order valence-corrected chi connectivity index (χ2v) is 7.11. The van der Waals surface area contributed by atoms with E-state index in [1.165, 1.54) is 28.9 Å². The summed E-state index contributed by atoms with van der Waals surface area (Å²) in [7, 11) is 0. The first-order valence-electron chi connectivity index (χ1n) is 10.4. The molecule has 0 aliphatic carbocycles. The number of aryl methyl sites for hydroxylation is 1. The summed E-state index contributed by atoms with van der Waals surface area (Å²) in [6, 6.07) is 15.0. The van der Waals surface area contributed by atoms with Gasteiger partial charge in [-0.1, -0.05) is 35.5 Å². The Morgan fingerprint density at radius 1 is 1.09 bits per heavy atom. The van der Waals surface area contributed by atoms with E-state index in [-0.39, 0.29) is 24.8 Å². The average molecular weight is 460 g/mol. The summed E-state index contributed by atoms with van der Waals surface area (Å²) in [6.45, 7) is 3.76. The molecule has 0 N–H and O–H groups in total. The van der Waals surface area contributed by atoms with Crippen molar-refractivity contribution in [3.05, 3.63) is 87.9 Å². The number of nitro groups is 1. The van der Waals surface area contributed by atoms with Crippen LogP contribution < -0.4 is 4.74 Å². The number of carbonyl (C=O) groups is 1. The van der Waals surface area contributed by atoms with E-state index in [1.807, 2.05) is 30.3 Å². The number of ether oxygens (including phenoxy) is 2. The highest BCUT2D eigenvalue weighted by molar-refractivity contribution is 5.97. The van der Waals surface area contributed by atoms with Gasteiger partial charge in [-0.2, -0.15) is 4.68 Å². The number of aromatic nitrogens is 5. The highest BCUT2D eigenvalue weighted by Crippen LogP contribution is 2.25. The fraction of sp³-hybridized carbons (Fsp3) is 0.174. The van der Waals surface area contributed by atoms with Crippen LogP contribution in [0.5, 0.6) is 5.75 Å². The molecule has 0 saturated carbocycles. The molecule has 11 heteroatoms. The maximum atomic E-state index is 12.6. The molecule has 172 valence electrons. The third kappa shape index (κ3) is 4.88. The summed E-state index contributed by atoms with van der Waals surface area (Å²) in [5, 5.41) is 18.9. The number of non-ortho nitro benzene ring substituents is 1. The highest BCUT2D eigenvalue weighted by atomic mass is 16.6. The lowest BCUT2D eigenvalue weighted by atomic mass is 10.0. The minimum absolute atomic E-state index is 0.0219. The van der Waals surface area contributed by atoms with Gasteiger partial charge in [0.15, 0.2) is 0 Å². The Morgan fingerprint density at radius 3 is 2.50 bits per heavy atom. The van der Waals surface area contributed by atoms with Crippen molar-refractivity contribution in [1.29, 1.82) is 0 Å². The van der Waals surface area contributed by atoms with Crippen molar-refractivity contribution in [2.75, 3.05) is 6.61 Å². The second kappa shape index (κ2) is 9.86. The summed E-state index contributed by atoms with van der Waals surface area (Å²) in [4.78, 5) is 31.9. The first kappa shape index (κ1) is 22.5. The molecule has 4 aromatic rings. The molecule has 0 atom stereocenters. The van der Waals surface area contributed by atoms with Gasteiger partial charge in [-0.25, -0.2) is 14.8 Å². The first-order valence-corrected chi connectivity index (χ1v) is 10.4. The monoisotopic (exact) mass is 460 g/mol. The zero-order chi connectivity index (χ0) is 24.1. The van der Waals surface area contributed by atoms with E-state index < -0.39 is 10.9 Å². The number of benzene rings is 2. The molecule has 0 aliphatic heterocycles. The van der Waals surface area contributed by atoms with Crippen molar-refractivity contribution in [3.8, 4) is 23.0 Å². The minimum atomic E-state index is -0.499. The molecule has 2 heterocycles. The van der Waals surface area contributed by atoms with Gasteiger partial charge in [-0.05, 0) is 26.0 Å². The first-order chi connectivity index (χ1) is 16.5. The van der Waals surface area contributed by atoms with Gasteiger partial charge >= 0.3 is 5.97 Å². The van der Waals surface area contributed by atoms with Crippen LogP contribution in [-0.4, -0.2) is 42.5 Å². The largest absolute Gasteiger partial charge is 0.487 e. The quantitative estimate of drug-likeness (QED) is 0.219. The van der Waals surface area contributed by atoms with Crippen LogP contribution in [0.1, 0.15) is 28.7 Å². The van der Waals surface area contributed by atoms with Gasteiger partial charge in [0.25, 0.3) is 11.6 Å². The maximum Gasteiger partial charge on any atom is 0.342 e. The van der Waals surface area contributed by atoms with Gasteiger partial charge in [0.2, 0.25) is 0 Å². The second-order valence-electron chi connectivity index (χ2n) is 7.11. The summed E-state index contributed by atoms with van der Waals surface area (Å²) in [5.74, 6) is 0.192. The predicted molar refractivity (Wildman–Crippen MR) is 121 cm³/mol. The molecule has 0 spiro atoms. The lowest BCUT2D eigenvalue weighted by Gasteiger charge is -2.12. The maximum absolute atomic E-state index is 12.6. The van der Waals surface area contributed by atoms with Gasteiger partial charge in [-0.3, -0.25) is 10.1 Å². The number of hydrogen-bond acceptors (Lipinski definition) is 9. The molecule has 0 fully saturated rings. The van der Waals surface area contributed by atoms with Crippen molar-refractivity contribution < 1.29 is 19.2 Å². The highest BCUT2D eigenvalue weighted by Gasteiger charge is 2.22. The van der Waals surface area contributed by atoms with Crippen LogP contribution in [0, 0.1) is 17.0 Å². The van der Waals surface area contributed by atoms with E-state index in [4.69, 9.17) is 9.47 Å². The van der Waals surface area contributed by atoms with E-state index in [1.54, 1.807) is 20.0 Å². The molecule has 0 radical (unpaired) electrons. The van der Waals surface area contributed by atoms with E-state index >= 15 is 0 Å². The third-order valence-corrected chi connectivity index (χ3v) is 4.78. The summed E-state index contributed by atoms with van der Waals surface area (Å²) in [5.41, 5.74) is 2.38. The minimum Gasteiger partial charge on any atom is -0.487 e. The van der Waals surface area contributed by atoms with E-state index in [0.29, 0.717) is 28.4 Å². The zero-order valence-electron chi connectivity index (χ0n) is 18.4. The van der Waals surface area contributed by atoms with Gasteiger partial charge in [-0.15, -0.1) is 5.10 Å². The standard InChI is InChI=1S/C23H20N6O5/c1-3-33-22(30)20-15(2)24-23(25-21(20)16-7-5-4-6-8-16)28-13-17(26-27-28)14-34-19-11-9-18(10-12-19)29(31)32/h4-13H,3,14H2,1-2H3. The molecule has 0 aliphatic rings. The van der Waals surface area contributed by atoms with Gasteiger partial charge in [0, 0.05) is 17.7 Å². The van der Waals surface area contributed by atoms with Gasteiger partial charge < -0.3 is 9.47 Å². The Balaban J connectivity index is 1.60. The van der Waals surface area contributed by atoms with Crippen molar-refractivity contribution in [3.63, 3.8) is 0 Å². The van der Waals surface area contributed by atoms with Crippen LogP contribution in [0.2, 0.25) is 0 Å². The fourth-order valence-corrected chi connectivity index (χ4v) is 3.20. The molecule has 4 rings (SSSR count). The molecule has 0 amide bonds. The van der Waals surface area contributed by atoms with Gasteiger partial charge in [0.05, 0.1) is 29.1 Å².